The molecule has 0 fully saturated rings. The molecule has 7 nitrogen and oxygen atoms in total. The van der Waals surface area contributed by atoms with Crippen molar-refractivity contribution < 1.29 is 18.0 Å². The number of carbonyl (C=O) groups excluding carboxylic acids is 2. The van der Waals surface area contributed by atoms with Gasteiger partial charge < -0.3 is 10.2 Å². The van der Waals surface area contributed by atoms with E-state index in [1.165, 1.54) is 11.9 Å². The molecule has 3 aromatic carbocycles. The van der Waals surface area contributed by atoms with Gasteiger partial charge in [0.1, 0.15) is 12.6 Å². The van der Waals surface area contributed by atoms with Crippen LogP contribution in [0, 0.1) is 6.92 Å². The van der Waals surface area contributed by atoms with E-state index in [0.29, 0.717) is 10.2 Å². The molecule has 0 saturated carbocycles. The van der Waals surface area contributed by atoms with Gasteiger partial charge in [-0.3, -0.25) is 13.9 Å². The van der Waals surface area contributed by atoms with Crippen molar-refractivity contribution in [2.75, 3.05) is 24.2 Å². The zero-order valence-corrected chi connectivity index (χ0v) is 22.9. The monoisotopic (exact) mass is 571 g/mol. The first-order chi connectivity index (χ1) is 17.1. The number of sulfonamides is 1. The van der Waals surface area contributed by atoms with Gasteiger partial charge in [-0.25, -0.2) is 8.42 Å². The number of aryl methyl sites for hydroxylation is 1. The highest BCUT2D eigenvalue weighted by atomic mass is 79.9. The highest BCUT2D eigenvalue weighted by Crippen LogP contribution is 2.23. The molecule has 0 aromatic heterocycles. The van der Waals surface area contributed by atoms with Crippen LogP contribution in [0.2, 0.25) is 0 Å². The Bertz CT molecular complexity index is 1300. The van der Waals surface area contributed by atoms with Crippen LogP contribution in [0.4, 0.5) is 5.69 Å². The number of anilines is 1. The Morgan fingerprint density at radius 3 is 2.19 bits per heavy atom. The molecule has 9 heteroatoms. The zero-order valence-electron chi connectivity index (χ0n) is 20.5. The molecule has 190 valence electrons. The average Bonchev–Trinajstić information content (AvgIpc) is 2.85. The fraction of sp³-hybridized carbons (Fsp3) is 0.259. The number of hydrogen-bond donors (Lipinski definition) is 1. The highest BCUT2D eigenvalue weighted by Gasteiger charge is 2.32. The molecular formula is C27H30BrN3O4S. The fourth-order valence-electron chi connectivity index (χ4n) is 3.86. The molecule has 0 unspecified atom stereocenters. The van der Waals surface area contributed by atoms with Gasteiger partial charge in [-0.15, -0.1) is 0 Å². The summed E-state index contributed by atoms with van der Waals surface area (Å²) in [6.45, 7) is 1.68. The summed E-state index contributed by atoms with van der Waals surface area (Å²) >= 11 is 3.36. The number of rotatable bonds is 10. The van der Waals surface area contributed by atoms with Crippen molar-refractivity contribution in [3.8, 4) is 0 Å². The van der Waals surface area contributed by atoms with E-state index in [-0.39, 0.29) is 18.9 Å². The normalized spacial score (nSPS) is 12.0. The minimum atomic E-state index is -3.79. The molecule has 1 atom stereocenters. The average molecular weight is 573 g/mol. The molecule has 0 saturated heterocycles. The molecule has 3 rings (SSSR count). The van der Waals surface area contributed by atoms with E-state index >= 15 is 0 Å². The summed E-state index contributed by atoms with van der Waals surface area (Å²) in [7, 11) is -2.26. The molecule has 36 heavy (non-hydrogen) atoms. The van der Waals surface area contributed by atoms with Crippen molar-refractivity contribution in [2.45, 2.75) is 25.9 Å². The van der Waals surface area contributed by atoms with Gasteiger partial charge in [0.05, 0.1) is 11.9 Å². The second-order valence-corrected chi connectivity index (χ2v) is 11.4. The molecule has 2 amide bonds. The molecule has 0 bridgehead atoms. The molecule has 0 radical (unpaired) electrons. The third-order valence-electron chi connectivity index (χ3n) is 5.77. The number of benzene rings is 3. The van der Waals surface area contributed by atoms with Gasteiger partial charge in [0, 0.05) is 24.5 Å². The summed E-state index contributed by atoms with van der Waals surface area (Å²) in [6, 6.07) is 23.0. The number of amides is 2. The summed E-state index contributed by atoms with van der Waals surface area (Å²) in [5, 5.41) is 2.67. The van der Waals surface area contributed by atoms with Crippen LogP contribution >= 0.6 is 15.9 Å². The Morgan fingerprint density at radius 2 is 1.61 bits per heavy atom. The second kappa shape index (κ2) is 12.2. The lowest BCUT2D eigenvalue weighted by atomic mass is 10.0. The van der Waals surface area contributed by atoms with Gasteiger partial charge in [-0.2, -0.15) is 0 Å². The first-order valence-corrected chi connectivity index (χ1v) is 14.1. The standard InChI is InChI=1S/C27H30BrN3O4S/c1-20-12-14-22(15-13-20)18-30(25(27(33)29-2)16-21-8-5-4-6-9-21)26(32)19-31(36(3,34)35)24-11-7-10-23(28)17-24/h4-15,17,25H,16,18-19H2,1-3H3,(H,29,33)/t25-/m0/s1. The van der Waals surface area contributed by atoms with E-state index in [2.05, 4.69) is 21.2 Å². The van der Waals surface area contributed by atoms with Crippen molar-refractivity contribution in [1.82, 2.24) is 10.2 Å². The molecular weight excluding hydrogens is 542 g/mol. The Kier molecular flexibility index (Phi) is 9.28. The Labute approximate surface area is 221 Å². The van der Waals surface area contributed by atoms with Gasteiger partial charge in [0.25, 0.3) is 0 Å². The molecule has 3 aromatic rings. The van der Waals surface area contributed by atoms with Gasteiger partial charge >= 0.3 is 0 Å². The van der Waals surface area contributed by atoms with E-state index < -0.39 is 28.5 Å². The van der Waals surface area contributed by atoms with E-state index in [1.807, 2.05) is 61.5 Å². The first kappa shape index (κ1) is 27.4. The van der Waals surface area contributed by atoms with Crippen LogP contribution < -0.4 is 9.62 Å². The van der Waals surface area contributed by atoms with Crippen molar-refractivity contribution in [1.29, 1.82) is 0 Å². The Morgan fingerprint density at radius 1 is 0.944 bits per heavy atom. The van der Waals surface area contributed by atoms with E-state index in [1.54, 1.807) is 24.3 Å². The lowest BCUT2D eigenvalue weighted by Crippen LogP contribution is -2.52. The number of carbonyl (C=O) groups is 2. The largest absolute Gasteiger partial charge is 0.357 e. The first-order valence-electron chi connectivity index (χ1n) is 11.4. The van der Waals surface area contributed by atoms with Crippen LogP contribution in [-0.2, 0) is 32.6 Å². The molecule has 0 heterocycles. The molecule has 0 spiro atoms. The minimum Gasteiger partial charge on any atom is -0.357 e. The van der Waals surface area contributed by atoms with Gasteiger partial charge in [0.15, 0.2) is 0 Å². The van der Waals surface area contributed by atoms with Crippen LogP contribution in [0.3, 0.4) is 0 Å². The van der Waals surface area contributed by atoms with Crippen LogP contribution in [0.5, 0.6) is 0 Å². The molecule has 0 aliphatic heterocycles. The summed E-state index contributed by atoms with van der Waals surface area (Å²) in [5.41, 5.74) is 3.15. The maximum atomic E-state index is 13.8. The third-order valence-corrected chi connectivity index (χ3v) is 7.40. The van der Waals surface area contributed by atoms with E-state index in [9.17, 15) is 18.0 Å². The predicted octanol–water partition coefficient (Wildman–Crippen LogP) is 3.91. The summed E-state index contributed by atoms with van der Waals surface area (Å²) in [5.74, 6) is -0.807. The van der Waals surface area contributed by atoms with Gasteiger partial charge in [0.2, 0.25) is 21.8 Å². The second-order valence-electron chi connectivity index (χ2n) is 8.58. The van der Waals surface area contributed by atoms with Crippen molar-refractivity contribution in [3.63, 3.8) is 0 Å². The van der Waals surface area contributed by atoms with Crippen molar-refractivity contribution in [2.24, 2.45) is 0 Å². The smallest absolute Gasteiger partial charge is 0.244 e. The number of nitrogens with zero attached hydrogens (tertiary/aromatic N) is 2. The van der Waals surface area contributed by atoms with Crippen LogP contribution in [0.15, 0.2) is 83.3 Å². The third kappa shape index (κ3) is 7.41. The molecule has 1 N–H and O–H groups in total. The lowest BCUT2D eigenvalue weighted by Gasteiger charge is -2.33. The maximum absolute atomic E-state index is 13.8. The zero-order chi connectivity index (χ0) is 26.3. The summed E-state index contributed by atoms with van der Waals surface area (Å²) in [6.07, 6.45) is 1.35. The van der Waals surface area contributed by atoms with Crippen molar-refractivity contribution >= 4 is 43.5 Å². The topological polar surface area (TPSA) is 86.8 Å². The SMILES string of the molecule is CNC(=O)[C@H](Cc1ccccc1)N(Cc1ccc(C)cc1)C(=O)CN(c1cccc(Br)c1)S(C)(=O)=O. The number of hydrogen-bond acceptors (Lipinski definition) is 4. The van der Waals surface area contributed by atoms with Gasteiger partial charge in [-0.1, -0.05) is 82.2 Å². The maximum Gasteiger partial charge on any atom is 0.244 e. The van der Waals surface area contributed by atoms with Crippen LogP contribution in [-0.4, -0.2) is 51.0 Å². The molecule has 0 aliphatic carbocycles. The predicted molar refractivity (Wildman–Crippen MR) is 146 cm³/mol. The summed E-state index contributed by atoms with van der Waals surface area (Å²) < 4.78 is 27.2. The van der Waals surface area contributed by atoms with E-state index in [0.717, 1.165) is 27.3 Å². The van der Waals surface area contributed by atoms with Gasteiger partial charge in [-0.05, 0) is 36.2 Å². The lowest BCUT2D eigenvalue weighted by molar-refractivity contribution is -0.139. The van der Waals surface area contributed by atoms with Crippen molar-refractivity contribution in [3.05, 3.63) is 100 Å². The molecule has 0 aliphatic rings. The fourth-order valence-corrected chi connectivity index (χ4v) is 5.08. The minimum absolute atomic E-state index is 0.153. The quantitative estimate of drug-likeness (QED) is 0.399. The summed E-state index contributed by atoms with van der Waals surface area (Å²) in [4.78, 5) is 28.3. The van der Waals surface area contributed by atoms with Crippen LogP contribution in [0.1, 0.15) is 16.7 Å². The highest BCUT2D eigenvalue weighted by molar-refractivity contribution is 9.10. The Balaban J connectivity index is 2.01. The number of halogens is 1. The number of likely N-dealkylation sites (N-methyl/N-ethyl adjacent to an activating group) is 1. The Hall–Kier alpha value is -3.17. The van der Waals surface area contributed by atoms with E-state index in [4.69, 9.17) is 0 Å². The van der Waals surface area contributed by atoms with Crippen LogP contribution in [0.25, 0.3) is 0 Å². The number of nitrogens with one attached hydrogen (secondary N) is 1.